The maximum Gasteiger partial charge on any atom is 0.256 e. The first-order chi connectivity index (χ1) is 16.0. The molecule has 0 unspecified atom stereocenters. The SMILES string of the molecule is CCc1cc(-c2cc(SC)ccc2C(=O)Nc2ccc(Cl)c(-c3ccccn3)c2)ccc1C. The van der Waals surface area contributed by atoms with Crippen molar-refractivity contribution in [3.63, 3.8) is 0 Å². The van der Waals surface area contributed by atoms with E-state index in [9.17, 15) is 4.79 Å². The minimum absolute atomic E-state index is 0.162. The van der Waals surface area contributed by atoms with Crippen molar-refractivity contribution in [2.45, 2.75) is 25.2 Å². The molecule has 5 heteroatoms. The maximum atomic E-state index is 13.4. The molecule has 0 aliphatic carbocycles. The summed E-state index contributed by atoms with van der Waals surface area (Å²) in [6.07, 6.45) is 4.71. The molecule has 4 aromatic rings. The third-order valence-corrected chi connectivity index (χ3v) is 6.73. The van der Waals surface area contributed by atoms with E-state index in [1.807, 2.05) is 48.7 Å². The summed E-state index contributed by atoms with van der Waals surface area (Å²) in [4.78, 5) is 18.9. The van der Waals surface area contributed by atoms with Crippen LogP contribution in [0.5, 0.6) is 0 Å². The van der Waals surface area contributed by atoms with Gasteiger partial charge in [0, 0.05) is 27.9 Å². The van der Waals surface area contributed by atoms with Gasteiger partial charge in [-0.25, -0.2) is 0 Å². The zero-order valence-electron chi connectivity index (χ0n) is 18.9. The van der Waals surface area contributed by atoms with E-state index in [2.05, 4.69) is 48.4 Å². The highest BCUT2D eigenvalue weighted by Gasteiger charge is 2.16. The summed E-state index contributed by atoms with van der Waals surface area (Å²) in [6, 6.07) is 23.5. The number of aryl methyl sites for hydroxylation is 2. The number of amides is 1. The summed E-state index contributed by atoms with van der Waals surface area (Å²) in [5, 5.41) is 3.64. The molecule has 3 aromatic carbocycles. The van der Waals surface area contributed by atoms with Crippen molar-refractivity contribution in [2.24, 2.45) is 0 Å². The number of nitrogens with one attached hydrogen (secondary N) is 1. The molecule has 0 aliphatic heterocycles. The fourth-order valence-electron chi connectivity index (χ4n) is 3.83. The number of hydrogen-bond donors (Lipinski definition) is 1. The van der Waals surface area contributed by atoms with Gasteiger partial charge >= 0.3 is 0 Å². The van der Waals surface area contributed by atoms with Crippen LogP contribution in [0.4, 0.5) is 5.69 Å². The van der Waals surface area contributed by atoms with Gasteiger partial charge in [0.15, 0.2) is 0 Å². The summed E-state index contributed by atoms with van der Waals surface area (Å²) in [5.74, 6) is -0.162. The molecular weight excluding hydrogens is 448 g/mol. The molecule has 0 atom stereocenters. The van der Waals surface area contributed by atoms with Crippen molar-refractivity contribution in [3.05, 3.63) is 101 Å². The summed E-state index contributed by atoms with van der Waals surface area (Å²) in [5.41, 5.74) is 7.35. The molecule has 166 valence electrons. The summed E-state index contributed by atoms with van der Waals surface area (Å²) in [7, 11) is 0. The van der Waals surface area contributed by atoms with E-state index >= 15 is 0 Å². The van der Waals surface area contributed by atoms with Crippen LogP contribution in [-0.2, 0) is 6.42 Å². The van der Waals surface area contributed by atoms with Crippen LogP contribution in [0.15, 0.2) is 83.9 Å². The average Bonchev–Trinajstić information content (AvgIpc) is 2.85. The standard InChI is InChI=1S/C28H25ClN2OS/c1-4-19-15-20(9-8-18(19)2)24-17-22(33-3)11-12-23(24)28(32)31-21-10-13-26(29)25(16-21)27-7-5-6-14-30-27/h5-17H,4H2,1-3H3,(H,31,32). The molecule has 0 spiro atoms. The third-order valence-electron chi connectivity index (χ3n) is 5.68. The molecule has 1 aromatic heterocycles. The highest BCUT2D eigenvalue weighted by molar-refractivity contribution is 7.98. The molecule has 0 aliphatic rings. The van der Waals surface area contributed by atoms with Crippen molar-refractivity contribution >= 4 is 35.0 Å². The first kappa shape index (κ1) is 23.1. The highest BCUT2D eigenvalue weighted by atomic mass is 35.5. The molecule has 0 saturated carbocycles. The van der Waals surface area contributed by atoms with E-state index in [1.165, 1.54) is 11.1 Å². The Hall–Kier alpha value is -3.08. The summed E-state index contributed by atoms with van der Waals surface area (Å²) in [6.45, 7) is 4.27. The second-order valence-corrected chi connectivity index (χ2v) is 9.06. The number of thioether (sulfide) groups is 1. The number of aromatic nitrogens is 1. The first-order valence-electron chi connectivity index (χ1n) is 10.8. The Balaban J connectivity index is 1.71. The van der Waals surface area contributed by atoms with Crippen LogP contribution in [0.3, 0.4) is 0 Å². The maximum absolute atomic E-state index is 13.4. The van der Waals surface area contributed by atoms with Crippen LogP contribution >= 0.6 is 23.4 Å². The summed E-state index contributed by atoms with van der Waals surface area (Å²) >= 11 is 8.07. The molecule has 0 saturated heterocycles. The van der Waals surface area contributed by atoms with Crippen LogP contribution in [0.1, 0.15) is 28.4 Å². The second-order valence-electron chi connectivity index (χ2n) is 7.77. The Morgan fingerprint density at radius 1 is 1.00 bits per heavy atom. The zero-order valence-corrected chi connectivity index (χ0v) is 20.4. The molecule has 0 bridgehead atoms. The fourth-order valence-corrected chi connectivity index (χ4v) is 4.48. The van der Waals surface area contributed by atoms with Gasteiger partial charge in [-0.3, -0.25) is 9.78 Å². The van der Waals surface area contributed by atoms with Crippen molar-refractivity contribution in [2.75, 3.05) is 11.6 Å². The second kappa shape index (κ2) is 10.2. The number of nitrogens with zero attached hydrogens (tertiary/aromatic N) is 1. The normalized spacial score (nSPS) is 10.8. The number of anilines is 1. The van der Waals surface area contributed by atoms with Crippen molar-refractivity contribution in [1.82, 2.24) is 4.98 Å². The lowest BCUT2D eigenvalue weighted by Crippen LogP contribution is -2.13. The minimum Gasteiger partial charge on any atom is -0.322 e. The quantitative estimate of drug-likeness (QED) is 0.290. The van der Waals surface area contributed by atoms with E-state index in [0.29, 0.717) is 16.3 Å². The molecule has 4 rings (SSSR count). The van der Waals surface area contributed by atoms with Crippen LogP contribution in [0.25, 0.3) is 22.4 Å². The number of carbonyl (C=O) groups is 1. The van der Waals surface area contributed by atoms with Gasteiger partial charge in [-0.1, -0.05) is 42.8 Å². The molecular formula is C28H25ClN2OS. The Kier molecular flexibility index (Phi) is 7.17. The van der Waals surface area contributed by atoms with Crippen molar-refractivity contribution in [3.8, 4) is 22.4 Å². The van der Waals surface area contributed by atoms with Gasteiger partial charge in [-0.15, -0.1) is 11.8 Å². The Morgan fingerprint density at radius 2 is 1.85 bits per heavy atom. The van der Waals surface area contributed by atoms with Gasteiger partial charge < -0.3 is 5.32 Å². The van der Waals surface area contributed by atoms with Gasteiger partial charge in [0.1, 0.15) is 0 Å². The zero-order chi connectivity index (χ0) is 23.4. The lowest BCUT2D eigenvalue weighted by Gasteiger charge is -2.14. The molecule has 1 heterocycles. The van der Waals surface area contributed by atoms with Crippen LogP contribution in [-0.4, -0.2) is 17.1 Å². The first-order valence-corrected chi connectivity index (χ1v) is 12.4. The number of pyridine rings is 1. The van der Waals surface area contributed by atoms with Crippen molar-refractivity contribution < 1.29 is 4.79 Å². The lowest BCUT2D eigenvalue weighted by atomic mass is 9.95. The largest absolute Gasteiger partial charge is 0.322 e. The minimum atomic E-state index is -0.162. The molecule has 0 radical (unpaired) electrons. The van der Waals surface area contributed by atoms with E-state index in [0.717, 1.165) is 33.7 Å². The van der Waals surface area contributed by atoms with Gasteiger partial charge in [-0.2, -0.15) is 0 Å². The lowest BCUT2D eigenvalue weighted by molar-refractivity contribution is 0.102. The molecule has 1 amide bonds. The number of halogens is 1. The van der Waals surface area contributed by atoms with Crippen LogP contribution < -0.4 is 5.32 Å². The van der Waals surface area contributed by atoms with Gasteiger partial charge in [-0.05, 0) is 90.4 Å². The van der Waals surface area contributed by atoms with E-state index in [1.54, 1.807) is 24.0 Å². The van der Waals surface area contributed by atoms with Gasteiger partial charge in [0.25, 0.3) is 5.91 Å². The van der Waals surface area contributed by atoms with Crippen LogP contribution in [0.2, 0.25) is 5.02 Å². The Bertz CT molecular complexity index is 1300. The number of hydrogen-bond acceptors (Lipinski definition) is 3. The average molecular weight is 473 g/mol. The topological polar surface area (TPSA) is 42.0 Å². The van der Waals surface area contributed by atoms with Crippen molar-refractivity contribution in [1.29, 1.82) is 0 Å². The number of benzene rings is 3. The van der Waals surface area contributed by atoms with Gasteiger partial charge in [0.2, 0.25) is 0 Å². The van der Waals surface area contributed by atoms with E-state index < -0.39 is 0 Å². The molecule has 0 fully saturated rings. The Labute approximate surface area is 204 Å². The van der Waals surface area contributed by atoms with E-state index in [-0.39, 0.29) is 5.91 Å². The smallest absolute Gasteiger partial charge is 0.256 e. The third kappa shape index (κ3) is 5.13. The number of rotatable bonds is 6. The molecule has 33 heavy (non-hydrogen) atoms. The van der Waals surface area contributed by atoms with E-state index in [4.69, 9.17) is 11.6 Å². The number of carbonyl (C=O) groups excluding carboxylic acids is 1. The Morgan fingerprint density at radius 3 is 2.58 bits per heavy atom. The van der Waals surface area contributed by atoms with Gasteiger partial charge in [0.05, 0.1) is 10.7 Å². The molecule has 3 nitrogen and oxygen atoms in total. The predicted octanol–water partition coefficient (Wildman–Crippen LogP) is 7.91. The molecule has 1 N–H and O–H groups in total. The highest BCUT2D eigenvalue weighted by Crippen LogP contribution is 2.32. The monoisotopic (exact) mass is 472 g/mol. The van der Waals surface area contributed by atoms with Crippen LogP contribution in [0, 0.1) is 6.92 Å². The fraction of sp³-hybridized carbons (Fsp3) is 0.143. The summed E-state index contributed by atoms with van der Waals surface area (Å²) < 4.78 is 0. The predicted molar refractivity (Wildman–Crippen MR) is 140 cm³/mol.